The zero-order chi connectivity index (χ0) is 20.6. The van der Waals surface area contributed by atoms with Gasteiger partial charge < -0.3 is 15.8 Å². The molecule has 0 aliphatic heterocycles. The van der Waals surface area contributed by atoms with Crippen molar-refractivity contribution in [3.63, 3.8) is 0 Å². The van der Waals surface area contributed by atoms with Crippen LogP contribution in [0.1, 0.15) is 28.9 Å². The second-order valence-electron chi connectivity index (χ2n) is 6.35. The highest BCUT2D eigenvalue weighted by atomic mass is 32.2. The molecular formula is C22H21N3O3S. The van der Waals surface area contributed by atoms with Gasteiger partial charge in [-0.3, -0.25) is 9.59 Å². The number of aromatic nitrogens is 1. The fourth-order valence-corrected chi connectivity index (χ4v) is 3.45. The molecule has 7 heteroatoms. The third kappa shape index (κ3) is 5.58. The summed E-state index contributed by atoms with van der Waals surface area (Å²) in [4.78, 5) is 25.1. The minimum absolute atomic E-state index is 0.0582. The lowest BCUT2D eigenvalue weighted by Crippen LogP contribution is -2.29. The molecule has 0 saturated carbocycles. The summed E-state index contributed by atoms with van der Waals surface area (Å²) in [5, 5.41) is 17.8. The molecule has 3 aromatic rings. The second kappa shape index (κ2) is 9.75. The van der Waals surface area contributed by atoms with Gasteiger partial charge in [0.1, 0.15) is 0 Å². The highest BCUT2D eigenvalue weighted by molar-refractivity contribution is 7.99. The highest BCUT2D eigenvalue weighted by Crippen LogP contribution is 2.19. The van der Waals surface area contributed by atoms with E-state index in [0.717, 1.165) is 17.3 Å². The quantitative estimate of drug-likeness (QED) is 0.356. The Morgan fingerprint density at radius 3 is 2.45 bits per heavy atom. The molecule has 0 unspecified atom stereocenters. The first-order chi connectivity index (χ1) is 14.0. The molecule has 0 aliphatic rings. The molecule has 1 atom stereocenters. The number of nitrogens with zero attached hydrogens (tertiary/aromatic N) is 1. The Labute approximate surface area is 173 Å². The van der Waals surface area contributed by atoms with Crippen LogP contribution in [-0.2, 0) is 4.79 Å². The van der Waals surface area contributed by atoms with Crippen molar-refractivity contribution in [2.45, 2.75) is 18.0 Å². The summed E-state index contributed by atoms with van der Waals surface area (Å²) in [6.07, 6.45) is 1.38. The minimum Gasteiger partial charge on any atom is -0.618 e. The van der Waals surface area contributed by atoms with Crippen LogP contribution < -0.4 is 15.4 Å². The van der Waals surface area contributed by atoms with Gasteiger partial charge in [0, 0.05) is 12.1 Å². The zero-order valence-electron chi connectivity index (χ0n) is 15.9. The molecule has 2 amide bonds. The van der Waals surface area contributed by atoms with Crippen molar-refractivity contribution < 1.29 is 14.3 Å². The Bertz CT molecular complexity index is 995. The second-order valence-corrected chi connectivity index (χ2v) is 7.35. The molecule has 1 heterocycles. The largest absolute Gasteiger partial charge is 0.618 e. The summed E-state index contributed by atoms with van der Waals surface area (Å²) >= 11 is 1.13. The SMILES string of the molecule is C[C@@H](NC(=O)c1ccccc1NC(=O)CSc1cccc[n+]1[O-])c1ccccc1. The molecule has 29 heavy (non-hydrogen) atoms. The lowest BCUT2D eigenvalue weighted by atomic mass is 10.1. The highest BCUT2D eigenvalue weighted by Gasteiger charge is 2.16. The number of carbonyl (C=O) groups is 2. The molecule has 148 valence electrons. The van der Waals surface area contributed by atoms with E-state index in [1.807, 2.05) is 37.3 Å². The number of hydrogen-bond acceptors (Lipinski definition) is 4. The maximum absolute atomic E-state index is 12.7. The maximum atomic E-state index is 12.7. The van der Waals surface area contributed by atoms with Gasteiger partial charge in [-0.05, 0) is 42.4 Å². The van der Waals surface area contributed by atoms with Crippen LogP contribution in [0.4, 0.5) is 5.69 Å². The normalized spacial score (nSPS) is 11.5. The van der Waals surface area contributed by atoms with Crippen LogP contribution >= 0.6 is 11.8 Å². The Morgan fingerprint density at radius 1 is 1.00 bits per heavy atom. The van der Waals surface area contributed by atoms with Gasteiger partial charge in [-0.2, -0.15) is 4.73 Å². The number of thioether (sulfide) groups is 1. The molecule has 0 saturated heterocycles. The number of carbonyl (C=O) groups excluding carboxylic acids is 2. The predicted octanol–water partition coefficient (Wildman–Crippen LogP) is 3.54. The van der Waals surface area contributed by atoms with Gasteiger partial charge in [0.05, 0.1) is 23.0 Å². The molecule has 0 fully saturated rings. The summed E-state index contributed by atoms with van der Waals surface area (Å²) in [5.41, 5.74) is 1.80. The molecule has 0 aliphatic carbocycles. The molecule has 0 spiro atoms. The van der Waals surface area contributed by atoms with Crippen LogP contribution in [0.5, 0.6) is 0 Å². The van der Waals surface area contributed by atoms with E-state index in [9.17, 15) is 14.8 Å². The van der Waals surface area contributed by atoms with Crippen LogP contribution in [0.2, 0.25) is 0 Å². The Kier molecular flexibility index (Phi) is 6.86. The van der Waals surface area contributed by atoms with E-state index in [2.05, 4.69) is 10.6 Å². The number of benzene rings is 2. The number of anilines is 1. The van der Waals surface area contributed by atoms with Gasteiger partial charge in [-0.1, -0.05) is 42.5 Å². The standard InChI is InChI=1S/C22H21N3O3S/c1-16(17-9-3-2-4-10-17)23-22(27)18-11-5-6-12-19(18)24-20(26)15-29-21-13-7-8-14-25(21)28/h2-14,16H,15H2,1H3,(H,23,27)(H,24,26)/t16-/m1/s1. The van der Waals surface area contributed by atoms with E-state index in [1.54, 1.807) is 42.5 Å². The third-order valence-corrected chi connectivity index (χ3v) is 5.25. The fraction of sp³-hybridized carbons (Fsp3) is 0.136. The first-order valence-corrected chi connectivity index (χ1v) is 10.1. The molecule has 1 aromatic heterocycles. The third-order valence-electron chi connectivity index (χ3n) is 4.23. The van der Waals surface area contributed by atoms with Crippen LogP contribution in [0.25, 0.3) is 0 Å². The van der Waals surface area contributed by atoms with Crippen LogP contribution in [0, 0.1) is 5.21 Å². The number of amides is 2. The van der Waals surface area contributed by atoms with E-state index in [1.165, 1.54) is 6.20 Å². The van der Waals surface area contributed by atoms with Crippen molar-refractivity contribution >= 4 is 29.3 Å². The average Bonchev–Trinajstić information content (AvgIpc) is 2.74. The van der Waals surface area contributed by atoms with Crippen molar-refractivity contribution in [3.8, 4) is 0 Å². The van der Waals surface area contributed by atoms with E-state index in [0.29, 0.717) is 21.0 Å². The van der Waals surface area contributed by atoms with Crippen molar-refractivity contribution in [2.24, 2.45) is 0 Å². The summed E-state index contributed by atoms with van der Waals surface area (Å²) in [6, 6.07) is 21.3. The van der Waals surface area contributed by atoms with Gasteiger partial charge in [0.2, 0.25) is 5.91 Å². The number of nitrogens with one attached hydrogen (secondary N) is 2. The first kappa shape index (κ1) is 20.4. The lowest BCUT2D eigenvalue weighted by Gasteiger charge is -2.16. The molecule has 2 aromatic carbocycles. The Morgan fingerprint density at radius 2 is 1.69 bits per heavy atom. The average molecular weight is 407 g/mol. The topological polar surface area (TPSA) is 85.1 Å². The number of hydrogen-bond donors (Lipinski definition) is 2. The van der Waals surface area contributed by atoms with E-state index >= 15 is 0 Å². The van der Waals surface area contributed by atoms with Crippen molar-refractivity contribution in [3.05, 3.63) is 95.3 Å². The van der Waals surface area contributed by atoms with Gasteiger partial charge >= 0.3 is 0 Å². The molecular weight excluding hydrogens is 386 g/mol. The van der Waals surface area contributed by atoms with E-state index in [-0.39, 0.29) is 23.6 Å². The van der Waals surface area contributed by atoms with Gasteiger partial charge in [0.15, 0.2) is 6.20 Å². The van der Waals surface area contributed by atoms with Crippen molar-refractivity contribution in [2.75, 3.05) is 11.1 Å². The molecule has 3 rings (SSSR count). The summed E-state index contributed by atoms with van der Waals surface area (Å²) in [7, 11) is 0. The van der Waals surface area contributed by atoms with Crippen LogP contribution in [0.15, 0.2) is 84.0 Å². The summed E-state index contributed by atoms with van der Waals surface area (Å²) in [5.74, 6) is -0.511. The van der Waals surface area contributed by atoms with Crippen molar-refractivity contribution in [1.82, 2.24) is 5.32 Å². The van der Waals surface area contributed by atoms with E-state index in [4.69, 9.17) is 0 Å². The number of para-hydroxylation sites is 1. The summed E-state index contributed by atoms with van der Waals surface area (Å²) < 4.78 is 0.713. The zero-order valence-corrected chi connectivity index (χ0v) is 16.7. The Hall–Kier alpha value is -3.32. The van der Waals surface area contributed by atoms with E-state index < -0.39 is 0 Å². The van der Waals surface area contributed by atoms with Crippen molar-refractivity contribution in [1.29, 1.82) is 0 Å². The number of rotatable bonds is 7. The first-order valence-electron chi connectivity index (χ1n) is 9.10. The predicted molar refractivity (Wildman–Crippen MR) is 114 cm³/mol. The van der Waals surface area contributed by atoms with Crippen LogP contribution in [-0.4, -0.2) is 17.6 Å². The molecule has 0 radical (unpaired) electrons. The maximum Gasteiger partial charge on any atom is 0.253 e. The van der Waals surface area contributed by atoms with Gasteiger partial charge in [-0.25, -0.2) is 0 Å². The van der Waals surface area contributed by atoms with Gasteiger partial charge in [-0.15, -0.1) is 0 Å². The molecule has 0 bridgehead atoms. The minimum atomic E-state index is -0.296. The monoisotopic (exact) mass is 407 g/mol. The number of pyridine rings is 1. The summed E-state index contributed by atoms with van der Waals surface area (Å²) in [6.45, 7) is 1.91. The molecule has 2 N–H and O–H groups in total. The smallest absolute Gasteiger partial charge is 0.253 e. The van der Waals surface area contributed by atoms with Crippen LogP contribution in [0.3, 0.4) is 0 Å². The van der Waals surface area contributed by atoms with Gasteiger partial charge in [0.25, 0.3) is 10.9 Å². The molecule has 6 nitrogen and oxygen atoms in total. The fourth-order valence-electron chi connectivity index (χ4n) is 2.74. The Balaban J connectivity index is 1.64. The lowest BCUT2D eigenvalue weighted by molar-refractivity contribution is -0.645.